The minimum atomic E-state index is -0.360. The zero-order chi connectivity index (χ0) is 12.5. The van der Waals surface area contributed by atoms with Crippen molar-refractivity contribution in [3.63, 3.8) is 0 Å². The molecule has 2 aromatic rings. The molecule has 1 N–H and O–H groups in total. The average Bonchev–Trinajstić information content (AvgIpc) is 3.05. The van der Waals surface area contributed by atoms with Crippen LogP contribution in [0.3, 0.4) is 0 Å². The van der Waals surface area contributed by atoms with Crippen LogP contribution >= 0.6 is 0 Å². The van der Waals surface area contributed by atoms with E-state index < -0.39 is 0 Å². The predicted octanol–water partition coefficient (Wildman–Crippen LogP) is 0.940. The largest absolute Gasteiger partial charge is 0.465 e. The van der Waals surface area contributed by atoms with Gasteiger partial charge in [0.25, 0.3) is 0 Å². The maximum atomic E-state index is 11.4. The molecular weight excluding hydrogens is 232 g/mol. The van der Waals surface area contributed by atoms with E-state index in [0.717, 1.165) is 25.2 Å². The van der Waals surface area contributed by atoms with E-state index in [4.69, 9.17) is 0 Å². The molecular formula is C12H14N4O2. The summed E-state index contributed by atoms with van der Waals surface area (Å²) in [5.41, 5.74) is 1.16. The minimum absolute atomic E-state index is 0.254. The summed E-state index contributed by atoms with van der Waals surface area (Å²) in [7, 11) is 1.37. The Hall–Kier alpha value is -1.95. The second kappa shape index (κ2) is 4.38. The van der Waals surface area contributed by atoms with E-state index in [1.807, 2.05) is 10.6 Å². The Morgan fingerprint density at radius 1 is 1.56 bits per heavy atom. The first kappa shape index (κ1) is 11.2. The lowest BCUT2D eigenvalue weighted by molar-refractivity contribution is 0.0600. The van der Waals surface area contributed by atoms with Crippen molar-refractivity contribution in [2.75, 3.05) is 13.7 Å². The van der Waals surface area contributed by atoms with Crippen molar-refractivity contribution in [2.45, 2.75) is 18.9 Å². The molecule has 0 aromatic carbocycles. The third-order valence-electron chi connectivity index (χ3n) is 3.23. The Balaban J connectivity index is 2.02. The van der Waals surface area contributed by atoms with Gasteiger partial charge in [-0.3, -0.25) is 4.40 Å². The van der Waals surface area contributed by atoms with Crippen LogP contribution in [-0.4, -0.2) is 34.2 Å². The number of hydrogen-bond acceptors (Lipinski definition) is 5. The molecule has 3 rings (SSSR count). The molecule has 3 heterocycles. The Morgan fingerprint density at radius 2 is 2.44 bits per heavy atom. The highest BCUT2D eigenvalue weighted by molar-refractivity contribution is 5.90. The molecule has 6 nitrogen and oxygen atoms in total. The van der Waals surface area contributed by atoms with E-state index in [1.54, 1.807) is 12.1 Å². The quantitative estimate of drug-likeness (QED) is 0.799. The number of pyridine rings is 1. The minimum Gasteiger partial charge on any atom is -0.465 e. The van der Waals surface area contributed by atoms with Crippen molar-refractivity contribution in [1.29, 1.82) is 0 Å². The van der Waals surface area contributed by atoms with Crippen molar-refractivity contribution in [3.8, 4) is 0 Å². The Bertz CT molecular complexity index is 587. The summed E-state index contributed by atoms with van der Waals surface area (Å²) < 4.78 is 6.60. The van der Waals surface area contributed by atoms with Gasteiger partial charge in [0.05, 0.1) is 18.7 Å². The monoisotopic (exact) mass is 246 g/mol. The highest BCUT2D eigenvalue weighted by Gasteiger charge is 2.21. The number of aromatic nitrogens is 3. The van der Waals surface area contributed by atoms with Crippen molar-refractivity contribution in [3.05, 3.63) is 29.7 Å². The van der Waals surface area contributed by atoms with Crippen LogP contribution in [0, 0.1) is 0 Å². The zero-order valence-corrected chi connectivity index (χ0v) is 10.1. The van der Waals surface area contributed by atoms with Gasteiger partial charge in [-0.05, 0) is 31.5 Å². The van der Waals surface area contributed by atoms with Gasteiger partial charge in [-0.15, -0.1) is 10.2 Å². The van der Waals surface area contributed by atoms with Gasteiger partial charge >= 0.3 is 5.97 Å². The van der Waals surface area contributed by atoms with E-state index >= 15 is 0 Å². The molecule has 1 saturated heterocycles. The van der Waals surface area contributed by atoms with E-state index in [1.165, 1.54) is 7.11 Å². The van der Waals surface area contributed by atoms with Gasteiger partial charge in [0.15, 0.2) is 11.5 Å². The number of nitrogens with one attached hydrogen (secondary N) is 1. The number of methoxy groups -OCH3 is 1. The van der Waals surface area contributed by atoms with Gasteiger partial charge in [0.2, 0.25) is 0 Å². The lowest BCUT2D eigenvalue weighted by Crippen LogP contribution is -2.15. The molecule has 1 fully saturated rings. The first-order chi connectivity index (χ1) is 8.79. The molecule has 1 unspecified atom stereocenters. The normalized spacial score (nSPS) is 19.3. The number of hydrogen-bond donors (Lipinski definition) is 1. The van der Waals surface area contributed by atoms with E-state index in [0.29, 0.717) is 11.2 Å². The molecule has 1 aliphatic rings. The zero-order valence-electron chi connectivity index (χ0n) is 10.1. The highest BCUT2D eigenvalue weighted by Crippen LogP contribution is 2.22. The third kappa shape index (κ3) is 1.74. The topological polar surface area (TPSA) is 68.5 Å². The fourth-order valence-corrected chi connectivity index (χ4v) is 2.30. The van der Waals surface area contributed by atoms with Crippen LogP contribution in [0.1, 0.15) is 35.1 Å². The van der Waals surface area contributed by atoms with Crippen molar-refractivity contribution in [2.24, 2.45) is 0 Å². The molecule has 18 heavy (non-hydrogen) atoms. The smallest absolute Gasteiger partial charge is 0.338 e. The van der Waals surface area contributed by atoms with Gasteiger partial charge in [-0.1, -0.05) is 0 Å². The van der Waals surface area contributed by atoms with Crippen LogP contribution in [0.15, 0.2) is 18.3 Å². The van der Waals surface area contributed by atoms with Gasteiger partial charge < -0.3 is 10.1 Å². The number of rotatable bonds is 2. The standard InChI is InChI=1S/C12H14N4O2/c1-18-12(17)8-4-6-16-10(7-8)14-15-11(16)9-3-2-5-13-9/h4,6-7,9,13H,2-3,5H2,1H3. The second-order valence-corrected chi connectivity index (χ2v) is 4.34. The number of ether oxygens (including phenoxy) is 1. The van der Waals surface area contributed by atoms with Gasteiger partial charge in [0.1, 0.15) is 0 Å². The van der Waals surface area contributed by atoms with Crippen LogP contribution in [-0.2, 0) is 4.74 Å². The maximum Gasteiger partial charge on any atom is 0.338 e. The Morgan fingerprint density at radius 3 is 3.17 bits per heavy atom. The van der Waals surface area contributed by atoms with Crippen LogP contribution < -0.4 is 5.32 Å². The molecule has 0 amide bonds. The van der Waals surface area contributed by atoms with Gasteiger partial charge in [-0.25, -0.2) is 4.79 Å². The summed E-state index contributed by atoms with van der Waals surface area (Å²) in [6.45, 7) is 1.01. The van der Waals surface area contributed by atoms with Gasteiger partial charge in [-0.2, -0.15) is 0 Å². The van der Waals surface area contributed by atoms with Crippen molar-refractivity contribution >= 4 is 11.6 Å². The lowest BCUT2D eigenvalue weighted by atomic mass is 10.2. The van der Waals surface area contributed by atoms with E-state index in [-0.39, 0.29) is 12.0 Å². The summed E-state index contributed by atoms with van der Waals surface area (Å²) in [4.78, 5) is 11.4. The number of fused-ring (bicyclic) bond motifs is 1. The predicted molar refractivity (Wildman–Crippen MR) is 64.3 cm³/mol. The first-order valence-corrected chi connectivity index (χ1v) is 5.96. The maximum absolute atomic E-state index is 11.4. The number of nitrogens with zero attached hydrogens (tertiary/aromatic N) is 3. The first-order valence-electron chi connectivity index (χ1n) is 5.96. The third-order valence-corrected chi connectivity index (χ3v) is 3.23. The Kier molecular flexibility index (Phi) is 2.71. The van der Waals surface area contributed by atoms with Crippen molar-refractivity contribution < 1.29 is 9.53 Å². The molecule has 2 aromatic heterocycles. The summed E-state index contributed by atoms with van der Waals surface area (Å²) in [5, 5.41) is 11.7. The Labute approximate surface area is 104 Å². The number of esters is 1. The molecule has 0 radical (unpaired) electrons. The van der Waals surface area contributed by atoms with Crippen LogP contribution in [0.5, 0.6) is 0 Å². The van der Waals surface area contributed by atoms with E-state index in [9.17, 15) is 4.79 Å². The molecule has 1 aliphatic heterocycles. The molecule has 0 spiro atoms. The fraction of sp³-hybridized carbons (Fsp3) is 0.417. The average molecular weight is 246 g/mol. The molecule has 0 saturated carbocycles. The molecule has 6 heteroatoms. The molecule has 94 valence electrons. The number of carbonyl (C=O) groups is 1. The summed E-state index contributed by atoms with van der Waals surface area (Å²) in [6, 6.07) is 3.67. The van der Waals surface area contributed by atoms with Crippen molar-refractivity contribution in [1.82, 2.24) is 19.9 Å². The van der Waals surface area contributed by atoms with Crippen LogP contribution in [0.4, 0.5) is 0 Å². The number of carbonyl (C=O) groups excluding carboxylic acids is 1. The molecule has 1 atom stereocenters. The van der Waals surface area contributed by atoms with Crippen LogP contribution in [0.25, 0.3) is 5.65 Å². The van der Waals surface area contributed by atoms with E-state index in [2.05, 4.69) is 20.3 Å². The SMILES string of the molecule is COC(=O)c1ccn2c(C3CCCN3)nnc2c1. The summed E-state index contributed by atoms with van der Waals surface area (Å²) in [5.74, 6) is 0.542. The summed E-state index contributed by atoms with van der Waals surface area (Å²) >= 11 is 0. The fourth-order valence-electron chi connectivity index (χ4n) is 2.30. The highest BCUT2D eigenvalue weighted by atomic mass is 16.5. The van der Waals surface area contributed by atoms with Gasteiger partial charge in [0, 0.05) is 6.20 Å². The second-order valence-electron chi connectivity index (χ2n) is 4.34. The molecule has 0 bridgehead atoms. The summed E-state index contributed by atoms with van der Waals surface area (Å²) in [6.07, 6.45) is 4.04. The molecule has 0 aliphatic carbocycles. The lowest BCUT2D eigenvalue weighted by Gasteiger charge is -2.07. The van der Waals surface area contributed by atoms with Crippen LogP contribution in [0.2, 0.25) is 0 Å².